The molecule has 1 heterocycles. The second-order valence-electron chi connectivity index (χ2n) is 5.79. The van der Waals surface area contributed by atoms with E-state index in [9.17, 15) is 4.39 Å². The van der Waals surface area contributed by atoms with E-state index in [1.54, 1.807) is 18.3 Å². The summed E-state index contributed by atoms with van der Waals surface area (Å²) in [6, 6.07) is 18.4. The first-order chi connectivity index (χ1) is 12.6. The zero-order chi connectivity index (χ0) is 18.4. The van der Waals surface area contributed by atoms with Crippen molar-refractivity contribution in [3.05, 3.63) is 89.5 Å². The molecule has 0 radical (unpaired) electrons. The zero-order valence-electron chi connectivity index (χ0n) is 14.3. The molecule has 6 heteroatoms. The number of thiocarbonyl (C=S) groups is 1. The minimum atomic E-state index is -0.217. The lowest BCUT2D eigenvalue weighted by Crippen LogP contribution is -2.24. The number of nitrogens with zero attached hydrogens (tertiary/aromatic N) is 2. The molecule has 0 amide bonds. The molecule has 0 spiro atoms. The maximum absolute atomic E-state index is 13.8. The fraction of sp³-hybridized carbons (Fsp3) is 0.100. The van der Waals surface area contributed by atoms with Crippen LogP contribution in [0.15, 0.2) is 72.0 Å². The van der Waals surface area contributed by atoms with Gasteiger partial charge in [0.2, 0.25) is 0 Å². The molecule has 2 N–H and O–H groups in total. The Kier molecular flexibility index (Phi) is 5.76. The molecule has 0 saturated heterocycles. The third-order valence-corrected chi connectivity index (χ3v) is 4.11. The molecule has 0 bridgehead atoms. The summed E-state index contributed by atoms with van der Waals surface area (Å²) in [7, 11) is 0. The summed E-state index contributed by atoms with van der Waals surface area (Å²) in [6.45, 7) is 2.44. The molecule has 3 aromatic rings. The van der Waals surface area contributed by atoms with Crippen molar-refractivity contribution in [1.82, 2.24) is 9.99 Å². The summed E-state index contributed by atoms with van der Waals surface area (Å²) in [5, 5.41) is 7.68. The van der Waals surface area contributed by atoms with Gasteiger partial charge in [-0.15, -0.1) is 0 Å². The summed E-state index contributed by atoms with van der Waals surface area (Å²) in [4.78, 5) is 0. The normalized spacial score (nSPS) is 10.8. The van der Waals surface area contributed by atoms with Gasteiger partial charge in [-0.2, -0.15) is 5.10 Å². The molecule has 0 aliphatic carbocycles. The van der Waals surface area contributed by atoms with E-state index < -0.39 is 0 Å². The van der Waals surface area contributed by atoms with Crippen LogP contribution in [0, 0.1) is 12.7 Å². The predicted octanol–water partition coefficient (Wildman–Crippen LogP) is 4.30. The van der Waals surface area contributed by atoms with Crippen LogP contribution in [0.3, 0.4) is 0 Å². The summed E-state index contributed by atoms with van der Waals surface area (Å²) >= 11 is 5.25. The second kappa shape index (κ2) is 8.40. The van der Waals surface area contributed by atoms with Crippen molar-refractivity contribution in [3.8, 4) is 0 Å². The van der Waals surface area contributed by atoms with Gasteiger partial charge >= 0.3 is 0 Å². The Morgan fingerprint density at radius 1 is 1.12 bits per heavy atom. The molecule has 0 aliphatic heterocycles. The minimum absolute atomic E-state index is 0.217. The molecular weight excluding hydrogens is 347 g/mol. The topological polar surface area (TPSA) is 41.4 Å². The van der Waals surface area contributed by atoms with E-state index in [4.69, 9.17) is 12.2 Å². The van der Waals surface area contributed by atoms with Crippen LogP contribution in [0.2, 0.25) is 0 Å². The van der Waals surface area contributed by atoms with E-state index in [1.165, 1.54) is 6.07 Å². The second-order valence-corrected chi connectivity index (χ2v) is 6.20. The van der Waals surface area contributed by atoms with E-state index in [0.29, 0.717) is 17.2 Å². The molecule has 3 rings (SSSR count). The van der Waals surface area contributed by atoms with Gasteiger partial charge in [0, 0.05) is 17.4 Å². The van der Waals surface area contributed by atoms with Crippen molar-refractivity contribution >= 4 is 29.2 Å². The number of hydrogen-bond acceptors (Lipinski definition) is 2. The van der Waals surface area contributed by atoms with Gasteiger partial charge in [-0.05, 0) is 49.0 Å². The van der Waals surface area contributed by atoms with Crippen molar-refractivity contribution < 1.29 is 4.39 Å². The van der Waals surface area contributed by atoms with E-state index in [0.717, 1.165) is 16.9 Å². The van der Waals surface area contributed by atoms with Crippen molar-refractivity contribution in [2.24, 2.45) is 5.10 Å². The van der Waals surface area contributed by atoms with Crippen molar-refractivity contribution in [2.45, 2.75) is 13.5 Å². The highest BCUT2D eigenvalue weighted by atomic mass is 32.1. The summed E-state index contributed by atoms with van der Waals surface area (Å²) < 4.78 is 15.7. The van der Waals surface area contributed by atoms with E-state index in [2.05, 4.69) is 15.8 Å². The first-order valence-corrected chi connectivity index (χ1v) is 8.58. The number of aryl methyl sites for hydroxylation is 1. The maximum atomic E-state index is 13.8. The number of halogens is 1. The SMILES string of the molecule is Cc1ccccc1NC(=S)N/N=C\c1cccn1Cc1ccccc1F. The highest BCUT2D eigenvalue weighted by molar-refractivity contribution is 7.80. The van der Waals surface area contributed by atoms with Gasteiger partial charge in [-0.25, -0.2) is 4.39 Å². The van der Waals surface area contributed by atoms with Crippen molar-refractivity contribution in [1.29, 1.82) is 0 Å². The van der Waals surface area contributed by atoms with Crippen LogP contribution in [-0.4, -0.2) is 15.9 Å². The van der Waals surface area contributed by atoms with Crippen LogP contribution in [-0.2, 0) is 6.54 Å². The Morgan fingerprint density at radius 3 is 2.69 bits per heavy atom. The Bertz CT molecular complexity index is 933. The van der Waals surface area contributed by atoms with Crippen LogP contribution >= 0.6 is 12.2 Å². The third kappa shape index (κ3) is 4.55. The summed E-state index contributed by atoms with van der Waals surface area (Å²) in [6.07, 6.45) is 3.55. The molecule has 0 unspecified atom stereocenters. The van der Waals surface area contributed by atoms with Gasteiger partial charge in [0.1, 0.15) is 5.82 Å². The maximum Gasteiger partial charge on any atom is 0.191 e. The minimum Gasteiger partial charge on any atom is -0.342 e. The van der Waals surface area contributed by atoms with Gasteiger partial charge in [-0.1, -0.05) is 36.4 Å². The largest absolute Gasteiger partial charge is 0.342 e. The number of rotatable bonds is 5. The van der Waals surface area contributed by atoms with E-state index in [-0.39, 0.29) is 5.82 Å². The van der Waals surface area contributed by atoms with Gasteiger partial charge in [-0.3, -0.25) is 5.43 Å². The molecule has 1 aromatic heterocycles. The number of hydrazone groups is 1. The quantitative estimate of drug-likeness (QED) is 0.402. The molecular formula is C20H19FN4S. The number of benzene rings is 2. The first kappa shape index (κ1) is 17.8. The highest BCUT2D eigenvalue weighted by Gasteiger charge is 2.04. The number of aromatic nitrogens is 1. The van der Waals surface area contributed by atoms with Crippen molar-refractivity contribution in [3.63, 3.8) is 0 Å². The highest BCUT2D eigenvalue weighted by Crippen LogP contribution is 2.13. The van der Waals surface area contributed by atoms with Crippen LogP contribution in [0.1, 0.15) is 16.8 Å². The van der Waals surface area contributed by atoms with Crippen LogP contribution < -0.4 is 10.7 Å². The van der Waals surface area contributed by atoms with Crippen LogP contribution in [0.5, 0.6) is 0 Å². The fourth-order valence-electron chi connectivity index (χ4n) is 2.52. The summed E-state index contributed by atoms with van der Waals surface area (Å²) in [5.41, 5.74) is 6.31. The molecule has 0 aliphatic rings. The Balaban J connectivity index is 1.61. The molecule has 132 valence electrons. The molecule has 2 aromatic carbocycles. The number of anilines is 1. The average molecular weight is 366 g/mol. The molecule has 0 saturated carbocycles. The van der Waals surface area contributed by atoms with Gasteiger partial charge in [0.15, 0.2) is 5.11 Å². The average Bonchev–Trinajstić information content (AvgIpc) is 3.06. The third-order valence-electron chi connectivity index (χ3n) is 3.92. The monoisotopic (exact) mass is 366 g/mol. The van der Waals surface area contributed by atoms with E-state index in [1.807, 2.05) is 60.2 Å². The molecule has 0 atom stereocenters. The Morgan fingerprint density at radius 2 is 1.88 bits per heavy atom. The standard InChI is InChI=1S/C20H19FN4S/c1-15-7-2-5-11-19(15)23-20(26)24-22-13-17-9-6-12-25(17)14-16-8-3-4-10-18(16)21/h2-13H,14H2,1H3,(H2,23,24,26)/b22-13-. The lowest BCUT2D eigenvalue weighted by Gasteiger charge is -2.10. The lowest BCUT2D eigenvalue weighted by atomic mass is 10.2. The Hall–Kier alpha value is -2.99. The summed E-state index contributed by atoms with van der Waals surface area (Å²) in [5.74, 6) is -0.217. The molecule has 4 nitrogen and oxygen atoms in total. The fourth-order valence-corrected chi connectivity index (χ4v) is 2.68. The number of nitrogens with one attached hydrogen (secondary N) is 2. The van der Waals surface area contributed by atoms with Crippen LogP contribution in [0.25, 0.3) is 0 Å². The first-order valence-electron chi connectivity index (χ1n) is 8.18. The van der Waals surface area contributed by atoms with E-state index >= 15 is 0 Å². The zero-order valence-corrected chi connectivity index (χ0v) is 15.1. The van der Waals surface area contributed by atoms with Gasteiger partial charge < -0.3 is 9.88 Å². The number of para-hydroxylation sites is 1. The van der Waals surface area contributed by atoms with Crippen LogP contribution in [0.4, 0.5) is 10.1 Å². The molecule has 0 fully saturated rings. The van der Waals surface area contributed by atoms with Gasteiger partial charge in [0.25, 0.3) is 0 Å². The number of hydrogen-bond donors (Lipinski definition) is 2. The van der Waals surface area contributed by atoms with Gasteiger partial charge in [0.05, 0.1) is 18.5 Å². The lowest BCUT2D eigenvalue weighted by molar-refractivity contribution is 0.599. The Labute approximate surface area is 157 Å². The molecule has 26 heavy (non-hydrogen) atoms. The predicted molar refractivity (Wildman–Crippen MR) is 108 cm³/mol. The van der Waals surface area contributed by atoms with Crippen molar-refractivity contribution in [2.75, 3.05) is 5.32 Å². The smallest absolute Gasteiger partial charge is 0.191 e.